The van der Waals surface area contributed by atoms with Crippen molar-refractivity contribution in [3.8, 4) is 0 Å². The van der Waals surface area contributed by atoms with Crippen molar-refractivity contribution in [3.63, 3.8) is 0 Å². The van der Waals surface area contributed by atoms with Gasteiger partial charge in [0.2, 0.25) is 0 Å². The highest BCUT2D eigenvalue weighted by Gasteiger charge is 2.37. The fourth-order valence-electron chi connectivity index (χ4n) is 3.27. The van der Waals surface area contributed by atoms with E-state index in [1.165, 1.54) is 12.1 Å². The van der Waals surface area contributed by atoms with Crippen LogP contribution >= 0.6 is 0 Å². The van der Waals surface area contributed by atoms with Crippen LogP contribution in [0.1, 0.15) is 37.1 Å². The first-order chi connectivity index (χ1) is 10.6. The Morgan fingerprint density at radius 3 is 2.86 bits per heavy atom. The van der Waals surface area contributed by atoms with Gasteiger partial charge in [-0.1, -0.05) is 18.2 Å². The average Bonchev–Trinajstić information content (AvgIpc) is 2.56. The SMILES string of the molecule is CC(O)(c1cccc(F)c1)C1CCNC(c2ccccn2)C1. The zero-order chi connectivity index (χ0) is 15.6. The molecule has 2 aromatic rings. The molecule has 1 aromatic heterocycles. The quantitative estimate of drug-likeness (QED) is 0.915. The molecule has 1 saturated heterocycles. The van der Waals surface area contributed by atoms with Gasteiger partial charge < -0.3 is 10.4 Å². The third-order valence-corrected chi connectivity index (χ3v) is 4.65. The number of nitrogens with zero attached hydrogens (tertiary/aromatic N) is 1. The summed E-state index contributed by atoms with van der Waals surface area (Å²) < 4.78 is 13.5. The maximum Gasteiger partial charge on any atom is 0.123 e. The summed E-state index contributed by atoms with van der Waals surface area (Å²) in [6.07, 6.45) is 3.42. The van der Waals surface area contributed by atoms with Gasteiger partial charge in [-0.2, -0.15) is 0 Å². The molecule has 1 aliphatic heterocycles. The summed E-state index contributed by atoms with van der Waals surface area (Å²) in [6, 6.07) is 12.3. The van der Waals surface area contributed by atoms with Gasteiger partial charge >= 0.3 is 0 Å². The number of nitrogens with one attached hydrogen (secondary N) is 1. The molecule has 0 saturated carbocycles. The van der Waals surface area contributed by atoms with E-state index < -0.39 is 5.60 Å². The summed E-state index contributed by atoms with van der Waals surface area (Å²) in [4.78, 5) is 4.40. The molecule has 0 amide bonds. The van der Waals surface area contributed by atoms with E-state index in [1.54, 1.807) is 25.3 Å². The average molecular weight is 300 g/mol. The van der Waals surface area contributed by atoms with Crippen molar-refractivity contribution in [2.45, 2.75) is 31.4 Å². The molecule has 3 rings (SSSR count). The maximum atomic E-state index is 13.5. The lowest BCUT2D eigenvalue weighted by Gasteiger charge is -2.39. The van der Waals surface area contributed by atoms with Crippen LogP contribution in [0.2, 0.25) is 0 Å². The predicted octanol–water partition coefficient (Wildman–Crippen LogP) is 3.17. The number of aliphatic hydroxyl groups is 1. The van der Waals surface area contributed by atoms with Crippen LogP contribution in [-0.2, 0) is 5.60 Å². The van der Waals surface area contributed by atoms with Crippen LogP contribution in [0.15, 0.2) is 48.7 Å². The summed E-state index contributed by atoms with van der Waals surface area (Å²) in [5.74, 6) is -0.254. The summed E-state index contributed by atoms with van der Waals surface area (Å²) in [5.41, 5.74) is 0.582. The summed E-state index contributed by atoms with van der Waals surface area (Å²) >= 11 is 0. The van der Waals surface area contributed by atoms with E-state index in [0.29, 0.717) is 5.56 Å². The predicted molar refractivity (Wildman–Crippen MR) is 83.7 cm³/mol. The van der Waals surface area contributed by atoms with Crippen LogP contribution in [0.3, 0.4) is 0 Å². The van der Waals surface area contributed by atoms with Crippen molar-refractivity contribution in [3.05, 3.63) is 65.7 Å². The normalized spacial score (nSPS) is 24.7. The molecule has 4 heteroatoms. The smallest absolute Gasteiger partial charge is 0.123 e. The Labute approximate surface area is 130 Å². The zero-order valence-corrected chi connectivity index (χ0v) is 12.7. The van der Waals surface area contributed by atoms with E-state index in [2.05, 4.69) is 10.3 Å². The molecular weight excluding hydrogens is 279 g/mol. The van der Waals surface area contributed by atoms with Crippen molar-refractivity contribution < 1.29 is 9.50 Å². The number of hydrogen-bond acceptors (Lipinski definition) is 3. The van der Waals surface area contributed by atoms with Gasteiger partial charge in [0.25, 0.3) is 0 Å². The lowest BCUT2D eigenvalue weighted by Crippen LogP contribution is -2.41. The Kier molecular flexibility index (Phi) is 4.23. The van der Waals surface area contributed by atoms with Gasteiger partial charge in [-0.3, -0.25) is 4.98 Å². The standard InChI is InChI=1S/C18H21FN2O/c1-18(22,13-5-4-6-15(19)11-13)14-8-10-21-17(12-14)16-7-2-3-9-20-16/h2-7,9,11,14,17,21-22H,8,10,12H2,1H3. The molecule has 0 bridgehead atoms. The number of aromatic nitrogens is 1. The van der Waals surface area contributed by atoms with Crippen LogP contribution in [-0.4, -0.2) is 16.6 Å². The first kappa shape index (κ1) is 15.1. The molecule has 116 valence electrons. The maximum absolute atomic E-state index is 13.5. The van der Waals surface area contributed by atoms with Crippen molar-refractivity contribution in [2.24, 2.45) is 5.92 Å². The van der Waals surface area contributed by atoms with Crippen LogP contribution in [0, 0.1) is 11.7 Å². The second kappa shape index (κ2) is 6.15. The third kappa shape index (κ3) is 3.03. The number of pyridine rings is 1. The molecule has 0 aliphatic carbocycles. The molecule has 0 spiro atoms. The minimum atomic E-state index is -1.04. The van der Waals surface area contributed by atoms with E-state index in [1.807, 2.05) is 18.2 Å². The number of piperidine rings is 1. The Hall–Kier alpha value is -1.78. The molecule has 0 radical (unpaired) electrons. The van der Waals surface area contributed by atoms with E-state index >= 15 is 0 Å². The summed E-state index contributed by atoms with van der Waals surface area (Å²) in [6.45, 7) is 2.60. The molecule has 1 aliphatic rings. The Balaban J connectivity index is 1.82. The lowest BCUT2D eigenvalue weighted by molar-refractivity contribution is -0.0258. The number of rotatable bonds is 3. The van der Waals surface area contributed by atoms with Crippen molar-refractivity contribution in [1.29, 1.82) is 0 Å². The van der Waals surface area contributed by atoms with E-state index in [-0.39, 0.29) is 17.8 Å². The van der Waals surface area contributed by atoms with Crippen molar-refractivity contribution in [1.82, 2.24) is 10.3 Å². The molecule has 22 heavy (non-hydrogen) atoms. The highest BCUT2D eigenvalue weighted by Crippen LogP contribution is 2.39. The van der Waals surface area contributed by atoms with Gasteiger partial charge in [-0.15, -0.1) is 0 Å². The van der Waals surface area contributed by atoms with Gasteiger partial charge in [0, 0.05) is 12.2 Å². The molecule has 2 N–H and O–H groups in total. The molecule has 3 atom stereocenters. The third-order valence-electron chi connectivity index (χ3n) is 4.65. The molecule has 2 heterocycles. The Morgan fingerprint density at radius 2 is 2.14 bits per heavy atom. The molecule has 3 nitrogen and oxygen atoms in total. The van der Waals surface area contributed by atoms with Gasteiger partial charge in [0.1, 0.15) is 5.82 Å². The molecular formula is C18H21FN2O. The van der Waals surface area contributed by atoms with Gasteiger partial charge in [-0.05, 0) is 62.1 Å². The largest absolute Gasteiger partial charge is 0.385 e. The molecule has 1 fully saturated rings. The first-order valence-electron chi connectivity index (χ1n) is 7.70. The molecule has 1 aromatic carbocycles. The van der Waals surface area contributed by atoms with E-state index in [9.17, 15) is 9.50 Å². The topological polar surface area (TPSA) is 45.1 Å². The lowest BCUT2D eigenvalue weighted by atomic mass is 9.75. The van der Waals surface area contributed by atoms with Crippen LogP contribution in [0.25, 0.3) is 0 Å². The Bertz CT molecular complexity index is 630. The van der Waals surface area contributed by atoms with E-state index in [4.69, 9.17) is 0 Å². The number of hydrogen-bond donors (Lipinski definition) is 2. The van der Waals surface area contributed by atoms with Gasteiger partial charge in [0.15, 0.2) is 0 Å². The van der Waals surface area contributed by atoms with Gasteiger partial charge in [0.05, 0.1) is 11.3 Å². The van der Waals surface area contributed by atoms with Crippen LogP contribution in [0.5, 0.6) is 0 Å². The highest BCUT2D eigenvalue weighted by molar-refractivity contribution is 5.24. The second-order valence-electron chi connectivity index (χ2n) is 6.14. The summed E-state index contributed by atoms with van der Waals surface area (Å²) in [5, 5.41) is 14.4. The van der Waals surface area contributed by atoms with Gasteiger partial charge in [-0.25, -0.2) is 4.39 Å². The fourth-order valence-corrected chi connectivity index (χ4v) is 3.27. The minimum Gasteiger partial charge on any atom is -0.385 e. The summed E-state index contributed by atoms with van der Waals surface area (Å²) in [7, 11) is 0. The van der Waals surface area contributed by atoms with Crippen molar-refractivity contribution in [2.75, 3.05) is 6.54 Å². The van der Waals surface area contributed by atoms with Crippen LogP contribution < -0.4 is 5.32 Å². The fraction of sp³-hybridized carbons (Fsp3) is 0.389. The number of halogens is 1. The van der Waals surface area contributed by atoms with E-state index in [0.717, 1.165) is 25.1 Å². The monoisotopic (exact) mass is 300 g/mol. The minimum absolute atomic E-state index is 0.0579. The number of benzene rings is 1. The Morgan fingerprint density at radius 1 is 1.27 bits per heavy atom. The molecule has 3 unspecified atom stereocenters. The van der Waals surface area contributed by atoms with Crippen LogP contribution in [0.4, 0.5) is 4.39 Å². The second-order valence-corrected chi connectivity index (χ2v) is 6.14. The highest BCUT2D eigenvalue weighted by atomic mass is 19.1. The zero-order valence-electron chi connectivity index (χ0n) is 12.7. The van der Waals surface area contributed by atoms with Crippen molar-refractivity contribution >= 4 is 0 Å². The first-order valence-corrected chi connectivity index (χ1v) is 7.70.